The van der Waals surface area contributed by atoms with Crippen LogP contribution in [0.1, 0.15) is 40.0 Å². The Balaban J connectivity index is 2.64. The highest BCUT2D eigenvalue weighted by molar-refractivity contribution is 5.07. The quantitative estimate of drug-likeness (QED) is 0.656. The molecule has 1 fully saturated rings. The van der Waals surface area contributed by atoms with E-state index >= 15 is 0 Å². The second kappa shape index (κ2) is 4.15. The number of rotatable bonds is 3. The molecule has 1 heteroatoms. The Kier molecular flexibility index (Phi) is 3.39. The van der Waals surface area contributed by atoms with Crippen molar-refractivity contribution in [2.75, 3.05) is 6.54 Å². The first-order valence-electron chi connectivity index (χ1n) is 5.31. The van der Waals surface area contributed by atoms with Crippen molar-refractivity contribution >= 4 is 0 Å². The summed E-state index contributed by atoms with van der Waals surface area (Å²) in [6.45, 7) is 7.77. The first-order chi connectivity index (χ1) is 6.11. The predicted octanol–water partition coefficient (Wildman–Crippen LogP) is 2.42. The Bertz CT molecular complexity index is 200. The minimum Gasteiger partial charge on any atom is -0.304 e. The summed E-state index contributed by atoms with van der Waals surface area (Å²) in [5.74, 6) is 3.55. The van der Waals surface area contributed by atoms with Crippen molar-refractivity contribution in [1.29, 1.82) is 0 Å². The van der Waals surface area contributed by atoms with Gasteiger partial charge in [0.05, 0.1) is 6.04 Å². The maximum absolute atomic E-state index is 5.55. The molecule has 1 rings (SSSR count). The molecule has 1 nitrogen and oxygen atoms in total. The molecule has 0 aromatic carbocycles. The van der Waals surface area contributed by atoms with E-state index in [1.165, 1.54) is 19.3 Å². The molecule has 13 heavy (non-hydrogen) atoms. The van der Waals surface area contributed by atoms with Gasteiger partial charge in [-0.15, -0.1) is 6.42 Å². The van der Waals surface area contributed by atoms with Gasteiger partial charge in [0.1, 0.15) is 0 Å². The van der Waals surface area contributed by atoms with Gasteiger partial charge in [-0.2, -0.15) is 0 Å². The normalized spacial score (nSPS) is 28.3. The Morgan fingerprint density at radius 2 is 2.31 bits per heavy atom. The fraction of sp³-hybridized carbons (Fsp3) is 0.833. The van der Waals surface area contributed by atoms with Gasteiger partial charge >= 0.3 is 0 Å². The van der Waals surface area contributed by atoms with E-state index in [-0.39, 0.29) is 6.04 Å². The number of nitrogens with one attached hydrogen (secondary N) is 1. The SMILES string of the molecule is C#CC(NCC)C1CCCC1(C)C. The highest BCUT2D eigenvalue weighted by atomic mass is 14.9. The molecule has 0 heterocycles. The van der Waals surface area contributed by atoms with Crippen LogP contribution in [-0.2, 0) is 0 Å². The Morgan fingerprint density at radius 3 is 2.69 bits per heavy atom. The predicted molar refractivity (Wildman–Crippen MR) is 57.4 cm³/mol. The summed E-state index contributed by atoms with van der Waals surface area (Å²) in [4.78, 5) is 0. The molecular formula is C12H21N. The van der Waals surface area contributed by atoms with Gasteiger partial charge in [0.25, 0.3) is 0 Å². The molecule has 1 aliphatic carbocycles. The zero-order valence-corrected chi connectivity index (χ0v) is 9.06. The van der Waals surface area contributed by atoms with E-state index in [1.54, 1.807) is 0 Å². The monoisotopic (exact) mass is 179 g/mol. The minimum absolute atomic E-state index is 0.280. The van der Waals surface area contributed by atoms with Gasteiger partial charge in [0.15, 0.2) is 0 Å². The summed E-state index contributed by atoms with van der Waals surface area (Å²) >= 11 is 0. The zero-order valence-electron chi connectivity index (χ0n) is 9.06. The lowest BCUT2D eigenvalue weighted by Crippen LogP contribution is -2.39. The van der Waals surface area contributed by atoms with E-state index in [4.69, 9.17) is 6.42 Å². The summed E-state index contributed by atoms with van der Waals surface area (Å²) in [6.07, 6.45) is 9.49. The second-order valence-corrected chi connectivity index (χ2v) is 4.69. The van der Waals surface area contributed by atoms with Crippen LogP contribution in [0.2, 0.25) is 0 Å². The van der Waals surface area contributed by atoms with E-state index in [1.807, 2.05) is 0 Å². The lowest BCUT2D eigenvalue weighted by atomic mass is 9.77. The Labute approximate surface area is 82.3 Å². The Morgan fingerprint density at radius 1 is 1.62 bits per heavy atom. The van der Waals surface area contributed by atoms with Crippen molar-refractivity contribution in [1.82, 2.24) is 5.32 Å². The van der Waals surface area contributed by atoms with E-state index in [9.17, 15) is 0 Å². The molecule has 0 saturated heterocycles. The van der Waals surface area contributed by atoms with Gasteiger partial charge in [-0.1, -0.05) is 33.1 Å². The summed E-state index contributed by atoms with van der Waals surface area (Å²) < 4.78 is 0. The van der Waals surface area contributed by atoms with Crippen LogP contribution in [0.4, 0.5) is 0 Å². The molecule has 2 unspecified atom stereocenters. The maximum atomic E-state index is 5.55. The Hall–Kier alpha value is -0.480. The van der Waals surface area contributed by atoms with Crippen LogP contribution in [0.5, 0.6) is 0 Å². The van der Waals surface area contributed by atoms with Crippen LogP contribution >= 0.6 is 0 Å². The average molecular weight is 179 g/mol. The number of hydrogen-bond acceptors (Lipinski definition) is 1. The standard InChI is InChI=1S/C12H21N/c1-5-11(13-6-2)10-8-7-9-12(10,3)4/h1,10-11,13H,6-9H2,2-4H3. The molecule has 0 radical (unpaired) electrons. The van der Waals surface area contributed by atoms with Crippen molar-refractivity contribution in [3.8, 4) is 12.3 Å². The van der Waals surface area contributed by atoms with Crippen molar-refractivity contribution in [3.05, 3.63) is 0 Å². The van der Waals surface area contributed by atoms with Crippen LogP contribution in [-0.4, -0.2) is 12.6 Å². The molecule has 0 amide bonds. The molecule has 1 saturated carbocycles. The summed E-state index contributed by atoms with van der Waals surface area (Å²) in [5, 5.41) is 3.39. The molecule has 2 atom stereocenters. The molecule has 74 valence electrons. The van der Waals surface area contributed by atoms with Crippen LogP contribution < -0.4 is 5.32 Å². The van der Waals surface area contributed by atoms with Gasteiger partial charge in [0, 0.05) is 0 Å². The van der Waals surface area contributed by atoms with Crippen molar-refractivity contribution in [2.24, 2.45) is 11.3 Å². The minimum atomic E-state index is 0.280. The van der Waals surface area contributed by atoms with Crippen molar-refractivity contribution in [2.45, 2.75) is 46.1 Å². The highest BCUT2D eigenvalue weighted by Crippen LogP contribution is 2.44. The molecule has 0 aliphatic heterocycles. The van der Waals surface area contributed by atoms with Gasteiger partial charge in [0.2, 0.25) is 0 Å². The van der Waals surface area contributed by atoms with E-state index < -0.39 is 0 Å². The van der Waals surface area contributed by atoms with Crippen LogP contribution in [0.25, 0.3) is 0 Å². The lowest BCUT2D eigenvalue weighted by Gasteiger charge is -2.31. The van der Waals surface area contributed by atoms with Gasteiger partial charge < -0.3 is 5.32 Å². The summed E-state index contributed by atoms with van der Waals surface area (Å²) in [6, 6.07) is 0.280. The second-order valence-electron chi connectivity index (χ2n) is 4.69. The van der Waals surface area contributed by atoms with Crippen LogP contribution in [0.15, 0.2) is 0 Å². The molecule has 0 aromatic heterocycles. The van der Waals surface area contributed by atoms with Gasteiger partial charge in [-0.05, 0) is 30.7 Å². The molecule has 0 bridgehead atoms. The van der Waals surface area contributed by atoms with E-state index in [0.29, 0.717) is 11.3 Å². The molecule has 1 N–H and O–H groups in total. The fourth-order valence-electron chi connectivity index (χ4n) is 2.51. The largest absolute Gasteiger partial charge is 0.304 e. The third-order valence-electron chi connectivity index (χ3n) is 3.35. The van der Waals surface area contributed by atoms with Crippen molar-refractivity contribution < 1.29 is 0 Å². The summed E-state index contributed by atoms with van der Waals surface area (Å²) in [7, 11) is 0. The van der Waals surface area contributed by atoms with E-state index in [0.717, 1.165) is 6.54 Å². The van der Waals surface area contributed by atoms with Crippen molar-refractivity contribution in [3.63, 3.8) is 0 Å². The molecular weight excluding hydrogens is 158 g/mol. The van der Waals surface area contributed by atoms with Crippen LogP contribution in [0.3, 0.4) is 0 Å². The lowest BCUT2D eigenvalue weighted by molar-refractivity contribution is 0.226. The van der Waals surface area contributed by atoms with Crippen LogP contribution in [0, 0.1) is 23.7 Å². The topological polar surface area (TPSA) is 12.0 Å². The fourth-order valence-corrected chi connectivity index (χ4v) is 2.51. The average Bonchev–Trinajstić information content (AvgIpc) is 2.41. The number of hydrogen-bond donors (Lipinski definition) is 1. The smallest absolute Gasteiger partial charge is 0.0720 e. The molecule has 0 aromatic rings. The summed E-state index contributed by atoms with van der Waals surface area (Å²) in [5.41, 5.74) is 0.430. The molecule has 0 spiro atoms. The first-order valence-corrected chi connectivity index (χ1v) is 5.31. The molecule has 1 aliphatic rings. The third-order valence-corrected chi connectivity index (χ3v) is 3.35. The third kappa shape index (κ3) is 2.25. The van der Waals surface area contributed by atoms with Gasteiger partial charge in [-0.25, -0.2) is 0 Å². The highest BCUT2D eigenvalue weighted by Gasteiger charge is 2.38. The first kappa shape index (κ1) is 10.6. The zero-order chi connectivity index (χ0) is 9.90. The van der Waals surface area contributed by atoms with E-state index in [2.05, 4.69) is 32.0 Å². The maximum Gasteiger partial charge on any atom is 0.0720 e. The number of terminal acetylenes is 1. The van der Waals surface area contributed by atoms with Gasteiger partial charge in [-0.3, -0.25) is 0 Å².